The van der Waals surface area contributed by atoms with Crippen molar-refractivity contribution in [2.24, 2.45) is 0 Å². The summed E-state index contributed by atoms with van der Waals surface area (Å²) in [5.41, 5.74) is 2.97. The van der Waals surface area contributed by atoms with Crippen LogP contribution in [0.2, 0.25) is 5.02 Å². The molecule has 3 rings (SSSR count). The molecule has 1 aromatic carbocycles. The molecule has 0 bridgehead atoms. The second-order valence-corrected chi connectivity index (χ2v) is 5.89. The predicted octanol–water partition coefficient (Wildman–Crippen LogP) is 3.34. The van der Waals surface area contributed by atoms with Gasteiger partial charge in [-0.15, -0.1) is 24.8 Å². The van der Waals surface area contributed by atoms with Crippen molar-refractivity contribution >= 4 is 36.4 Å². The lowest BCUT2D eigenvalue weighted by Crippen LogP contribution is -2.41. The lowest BCUT2D eigenvalue weighted by Gasteiger charge is -2.34. The molecular weight excluding hydrogens is 315 g/mol. The van der Waals surface area contributed by atoms with Gasteiger partial charge in [0.2, 0.25) is 0 Å². The van der Waals surface area contributed by atoms with Crippen molar-refractivity contribution in [2.45, 2.75) is 31.7 Å². The Morgan fingerprint density at radius 3 is 2.80 bits per heavy atom. The standard InChI is InChI=1S/C15H21ClN2.2ClH/c16-14-4-2-13-11-15(5-3-12(13)10-14)18-8-1-6-17-7-9-18;;/h2,4,10,15,17H,1,3,5-9,11H2;2*1H. The number of nitrogens with zero attached hydrogens (tertiary/aromatic N) is 1. The molecule has 1 heterocycles. The summed E-state index contributed by atoms with van der Waals surface area (Å²) in [6, 6.07) is 7.14. The number of halogens is 3. The fourth-order valence-electron chi connectivity index (χ4n) is 3.25. The Bertz CT molecular complexity index is 418. The average Bonchev–Trinajstić information content (AvgIpc) is 2.67. The van der Waals surface area contributed by atoms with Gasteiger partial charge in [-0.1, -0.05) is 17.7 Å². The Balaban J connectivity index is 0.000001000. The number of nitrogens with one attached hydrogen (secondary N) is 1. The van der Waals surface area contributed by atoms with Crippen LogP contribution >= 0.6 is 36.4 Å². The van der Waals surface area contributed by atoms with Crippen LogP contribution < -0.4 is 5.32 Å². The molecule has 0 aromatic heterocycles. The van der Waals surface area contributed by atoms with E-state index in [0.29, 0.717) is 0 Å². The molecule has 20 heavy (non-hydrogen) atoms. The summed E-state index contributed by atoms with van der Waals surface area (Å²) in [6.45, 7) is 4.77. The first-order valence-corrected chi connectivity index (χ1v) is 7.43. The van der Waals surface area contributed by atoms with Crippen LogP contribution in [0.5, 0.6) is 0 Å². The average molecular weight is 338 g/mol. The van der Waals surface area contributed by atoms with Crippen LogP contribution in [-0.4, -0.2) is 37.1 Å². The zero-order chi connectivity index (χ0) is 12.4. The number of fused-ring (bicyclic) bond motifs is 1. The first-order chi connectivity index (χ1) is 8.83. The molecule has 1 aliphatic carbocycles. The van der Waals surface area contributed by atoms with Crippen LogP contribution in [0.1, 0.15) is 24.0 Å². The van der Waals surface area contributed by atoms with E-state index >= 15 is 0 Å². The molecule has 1 fully saturated rings. The van der Waals surface area contributed by atoms with Gasteiger partial charge in [-0.3, -0.25) is 4.90 Å². The summed E-state index contributed by atoms with van der Waals surface area (Å²) in [5.74, 6) is 0. The van der Waals surface area contributed by atoms with Gasteiger partial charge in [0.1, 0.15) is 0 Å². The predicted molar refractivity (Wildman–Crippen MR) is 90.8 cm³/mol. The molecule has 1 aromatic rings. The van der Waals surface area contributed by atoms with E-state index < -0.39 is 0 Å². The number of aryl methyl sites for hydroxylation is 1. The molecule has 0 saturated carbocycles. The lowest BCUT2D eigenvalue weighted by molar-refractivity contribution is 0.191. The Kier molecular flexibility index (Phi) is 7.63. The van der Waals surface area contributed by atoms with Gasteiger partial charge in [0, 0.05) is 24.2 Å². The van der Waals surface area contributed by atoms with Crippen molar-refractivity contribution in [1.82, 2.24) is 10.2 Å². The fourth-order valence-corrected chi connectivity index (χ4v) is 3.44. The quantitative estimate of drug-likeness (QED) is 0.845. The third kappa shape index (κ3) is 4.25. The van der Waals surface area contributed by atoms with Crippen molar-refractivity contribution in [2.75, 3.05) is 26.2 Å². The minimum Gasteiger partial charge on any atom is -0.315 e. The van der Waals surface area contributed by atoms with Crippen LogP contribution in [0.25, 0.3) is 0 Å². The van der Waals surface area contributed by atoms with E-state index in [-0.39, 0.29) is 24.8 Å². The maximum Gasteiger partial charge on any atom is 0.0408 e. The molecule has 1 saturated heterocycles. The van der Waals surface area contributed by atoms with Crippen molar-refractivity contribution in [3.8, 4) is 0 Å². The van der Waals surface area contributed by atoms with Gasteiger partial charge < -0.3 is 5.32 Å². The van der Waals surface area contributed by atoms with E-state index in [1.54, 1.807) is 0 Å². The van der Waals surface area contributed by atoms with Crippen molar-refractivity contribution in [1.29, 1.82) is 0 Å². The molecule has 0 amide bonds. The first kappa shape index (κ1) is 18.1. The Morgan fingerprint density at radius 2 is 1.95 bits per heavy atom. The van der Waals surface area contributed by atoms with E-state index in [2.05, 4.69) is 22.3 Å². The molecule has 0 radical (unpaired) electrons. The largest absolute Gasteiger partial charge is 0.315 e. The monoisotopic (exact) mass is 336 g/mol. The van der Waals surface area contributed by atoms with Gasteiger partial charge >= 0.3 is 0 Å². The van der Waals surface area contributed by atoms with Crippen LogP contribution in [0.4, 0.5) is 0 Å². The highest BCUT2D eigenvalue weighted by Crippen LogP contribution is 2.27. The van der Waals surface area contributed by atoms with Crippen LogP contribution in [0, 0.1) is 0 Å². The van der Waals surface area contributed by atoms with Crippen molar-refractivity contribution < 1.29 is 0 Å². The summed E-state index contributed by atoms with van der Waals surface area (Å²) in [4.78, 5) is 2.68. The number of rotatable bonds is 1. The highest BCUT2D eigenvalue weighted by molar-refractivity contribution is 6.30. The fraction of sp³-hybridized carbons (Fsp3) is 0.600. The molecule has 114 valence electrons. The number of hydrogen-bond acceptors (Lipinski definition) is 2. The molecule has 5 heteroatoms. The molecule has 1 atom stereocenters. The van der Waals surface area contributed by atoms with Gasteiger partial charge in [0.25, 0.3) is 0 Å². The molecule has 0 spiro atoms. The second kappa shape index (κ2) is 8.45. The summed E-state index contributed by atoms with van der Waals surface area (Å²) in [6.07, 6.45) is 4.95. The minimum atomic E-state index is 0. The zero-order valence-corrected chi connectivity index (χ0v) is 14.0. The second-order valence-electron chi connectivity index (χ2n) is 5.45. The van der Waals surface area contributed by atoms with E-state index in [1.807, 2.05) is 6.07 Å². The highest BCUT2D eigenvalue weighted by atomic mass is 35.5. The normalized spacial score (nSPS) is 22.9. The summed E-state index contributed by atoms with van der Waals surface area (Å²) < 4.78 is 0. The van der Waals surface area contributed by atoms with E-state index in [1.165, 1.54) is 56.4 Å². The third-order valence-electron chi connectivity index (χ3n) is 4.26. The van der Waals surface area contributed by atoms with Gasteiger partial charge in [-0.25, -0.2) is 0 Å². The summed E-state index contributed by atoms with van der Waals surface area (Å²) in [7, 11) is 0. The third-order valence-corrected chi connectivity index (χ3v) is 4.50. The maximum absolute atomic E-state index is 6.06. The van der Waals surface area contributed by atoms with E-state index in [0.717, 1.165) is 17.6 Å². The molecule has 1 N–H and O–H groups in total. The number of hydrogen-bond donors (Lipinski definition) is 1. The van der Waals surface area contributed by atoms with Crippen LogP contribution in [0.15, 0.2) is 18.2 Å². The Labute approximate surface area is 139 Å². The van der Waals surface area contributed by atoms with Gasteiger partial charge in [0.05, 0.1) is 0 Å². The SMILES string of the molecule is Cl.Cl.Clc1ccc2c(c1)CCC(N1CCCNCC1)C2. The maximum atomic E-state index is 6.06. The van der Waals surface area contributed by atoms with Crippen molar-refractivity contribution in [3.63, 3.8) is 0 Å². The van der Waals surface area contributed by atoms with E-state index in [9.17, 15) is 0 Å². The minimum absolute atomic E-state index is 0. The van der Waals surface area contributed by atoms with Crippen LogP contribution in [0.3, 0.4) is 0 Å². The molecule has 1 unspecified atom stereocenters. The van der Waals surface area contributed by atoms with E-state index in [4.69, 9.17) is 11.6 Å². The van der Waals surface area contributed by atoms with Gasteiger partial charge in [0.15, 0.2) is 0 Å². The first-order valence-electron chi connectivity index (χ1n) is 7.05. The van der Waals surface area contributed by atoms with Crippen LogP contribution in [-0.2, 0) is 12.8 Å². The van der Waals surface area contributed by atoms with Gasteiger partial charge in [-0.2, -0.15) is 0 Å². The topological polar surface area (TPSA) is 15.3 Å². The molecule has 1 aliphatic heterocycles. The highest BCUT2D eigenvalue weighted by Gasteiger charge is 2.24. The Morgan fingerprint density at radius 1 is 1.10 bits per heavy atom. The molecule has 2 nitrogen and oxygen atoms in total. The van der Waals surface area contributed by atoms with Crippen molar-refractivity contribution in [3.05, 3.63) is 34.3 Å². The zero-order valence-electron chi connectivity index (χ0n) is 11.6. The van der Waals surface area contributed by atoms with Gasteiger partial charge in [-0.05, 0) is 62.0 Å². The lowest BCUT2D eigenvalue weighted by atomic mass is 9.87. The smallest absolute Gasteiger partial charge is 0.0408 e. The molecular formula is C15H23Cl3N2. The summed E-state index contributed by atoms with van der Waals surface area (Å²) >= 11 is 6.06. The summed E-state index contributed by atoms with van der Waals surface area (Å²) in [5, 5.41) is 4.36. The Hall–Kier alpha value is 0.01000. The number of benzene rings is 1. The molecule has 2 aliphatic rings.